The molecule has 2 aromatic heterocycles. The van der Waals surface area contributed by atoms with E-state index in [1.165, 1.54) is 9.67 Å². The molecule has 80 valence electrons. The highest BCUT2D eigenvalue weighted by molar-refractivity contribution is 7.10. The molecule has 2 rings (SSSR count). The zero-order valence-corrected chi connectivity index (χ0v) is 9.53. The van der Waals surface area contributed by atoms with Crippen LogP contribution in [0.4, 0.5) is 0 Å². The molecular weight excluding hydrogens is 210 g/mol. The van der Waals surface area contributed by atoms with Crippen LogP contribution in [0.3, 0.4) is 0 Å². The van der Waals surface area contributed by atoms with Gasteiger partial charge in [0.25, 0.3) is 0 Å². The maximum atomic E-state index is 4.17. The molecule has 0 aliphatic rings. The van der Waals surface area contributed by atoms with Crippen LogP contribution in [0.5, 0.6) is 0 Å². The normalized spacial score (nSPS) is 12.9. The lowest BCUT2D eigenvalue weighted by atomic mass is 10.1. The summed E-state index contributed by atoms with van der Waals surface area (Å²) in [6, 6.07) is 4.44. The molecule has 0 aromatic carbocycles. The molecule has 6 heteroatoms. The number of likely N-dealkylation sites (N-methyl/N-ethyl adjacent to an activating group) is 1. The lowest BCUT2D eigenvalue weighted by molar-refractivity contribution is 0.578. The number of nitrogens with one attached hydrogen (secondary N) is 1. The molecule has 1 N–H and O–H groups in total. The van der Waals surface area contributed by atoms with Gasteiger partial charge in [0.2, 0.25) is 0 Å². The van der Waals surface area contributed by atoms with Gasteiger partial charge in [0.1, 0.15) is 0 Å². The van der Waals surface area contributed by atoms with Gasteiger partial charge in [-0.25, -0.2) is 0 Å². The fourth-order valence-electron chi connectivity index (χ4n) is 1.42. The fourth-order valence-corrected chi connectivity index (χ4v) is 2.26. The molecule has 0 aliphatic carbocycles. The monoisotopic (exact) mass is 223 g/mol. The van der Waals surface area contributed by atoms with Gasteiger partial charge in [-0.05, 0) is 23.7 Å². The van der Waals surface area contributed by atoms with Crippen molar-refractivity contribution in [2.45, 2.75) is 12.5 Å². The summed E-state index contributed by atoms with van der Waals surface area (Å²) in [5, 5.41) is 17.3. The summed E-state index contributed by atoms with van der Waals surface area (Å²) in [6.45, 7) is 0. The highest BCUT2D eigenvalue weighted by Gasteiger charge is 2.13. The SMILES string of the molecule is CNC(Cc1nnn(C)n1)c1cccs1. The number of aryl methyl sites for hydroxylation is 1. The second kappa shape index (κ2) is 4.50. The number of tetrazole rings is 1. The van der Waals surface area contributed by atoms with Crippen LogP contribution >= 0.6 is 11.3 Å². The summed E-state index contributed by atoms with van der Waals surface area (Å²) in [5.41, 5.74) is 0. The molecule has 5 nitrogen and oxygen atoms in total. The van der Waals surface area contributed by atoms with Gasteiger partial charge >= 0.3 is 0 Å². The number of nitrogens with zero attached hydrogens (tertiary/aromatic N) is 4. The van der Waals surface area contributed by atoms with Crippen molar-refractivity contribution in [1.82, 2.24) is 25.5 Å². The standard InChI is InChI=1S/C9H13N5S/c1-10-7(8-4-3-5-15-8)6-9-11-13-14(2)12-9/h3-5,7,10H,6H2,1-2H3. The molecule has 0 fully saturated rings. The van der Waals surface area contributed by atoms with Gasteiger partial charge in [0.15, 0.2) is 5.82 Å². The summed E-state index contributed by atoms with van der Waals surface area (Å²) >= 11 is 1.74. The predicted octanol–water partition coefficient (Wildman–Crippen LogP) is 0.775. The molecule has 0 aliphatic heterocycles. The average Bonchev–Trinajstić information content (AvgIpc) is 2.85. The van der Waals surface area contributed by atoms with E-state index < -0.39 is 0 Å². The van der Waals surface area contributed by atoms with E-state index in [1.807, 2.05) is 7.05 Å². The van der Waals surface area contributed by atoms with Gasteiger partial charge in [-0.2, -0.15) is 4.80 Å². The van der Waals surface area contributed by atoms with Crippen LogP contribution in [0.2, 0.25) is 0 Å². The van der Waals surface area contributed by atoms with Crippen LogP contribution in [-0.2, 0) is 13.5 Å². The smallest absolute Gasteiger partial charge is 0.176 e. The lowest BCUT2D eigenvalue weighted by Gasteiger charge is -2.11. The minimum Gasteiger partial charge on any atom is -0.312 e. The molecule has 15 heavy (non-hydrogen) atoms. The number of hydrogen-bond acceptors (Lipinski definition) is 5. The van der Waals surface area contributed by atoms with Crippen molar-refractivity contribution in [1.29, 1.82) is 0 Å². The van der Waals surface area contributed by atoms with E-state index in [0.29, 0.717) is 0 Å². The Hall–Kier alpha value is -1.27. The van der Waals surface area contributed by atoms with Gasteiger partial charge in [-0.1, -0.05) is 6.07 Å². The van der Waals surface area contributed by atoms with Crippen LogP contribution in [0, 0.1) is 0 Å². The van der Waals surface area contributed by atoms with Gasteiger partial charge in [-0.3, -0.25) is 0 Å². The molecule has 1 atom stereocenters. The van der Waals surface area contributed by atoms with E-state index >= 15 is 0 Å². The minimum atomic E-state index is 0.272. The average molecular weight is 223 g/mol. The Morgan fingerprint density at radius 2 is 2.47 bits per heavy atom. The van der Waals surface area contributed by atoms with Crippen molar-refractivity contribution >= 4 is 11.3 Å². The Labute approximate surface area is 92.1 Å². The first kappa shape index (κ1) is 10.3. The first-order chi connectivity index (χ1) is 7.29. The van der Waals surface area contributed by atoms with E-state index in [9.17, 15) is 0 Å². The van der Waals surface area contributed by atoms with Gasteiger partial charge in [-0.15, -0.1) is 21.5 Å². The van der Waals surface area contributed by atoms with Crippen LogP contribution in [0.15, 0.2) is 17.5 Å². The lowest BCUT2D eigenvalue weighted by Crippen LogP contribution is -2.18. The second-order valence-corrected chi connectivity index (χ2v) is 4.24. The predicted molar refractivity (Wildman–Crippen MR) is 58.6 cm³/mol. The van der Waals surface area contributed by atoms with Crippen molar-refractivity contribution in [3.8, 4) is 0 Å². The van der Waals surface area contributed by atoms with E-state index in [4.69, 9.17) is 0 Å². The Balaban J connectivity index is 2.09. The molecule has 0 amide bonds. The summed E-state index contributed by atoms with van der Waals surface area (Å²) in [5.74, 6) is 0.769. The van der Waals surface area contributed by atoms with Crippen LogP contribution in [0.25, 0.3) is 0 Å². The molecule has 1 unspecified atom stereocenters. The first-order valence-electron chi connectivity index (χ1n) is 4.73. The van der Waals surface area contributed by atoms with Gasteiger partial charge in [0.05, 0.1) is 7.05 Å². The van der Waals surface area contributed by atoms with Crippen molar-refractivity contribution in [2.75, 3.05) is 7.05 Å². The highest BCUT2D eigenvalue weighted by atomic mass is 32.1. The van der Waals surface area contributed by atoms with Crippen molar-refractivity contribution in [3.63, 3.8) is 0 Å². The Bertz CT molecular complexity index is 408. The van der Waals surface area contributed by atoms with Crippen LogP contribution in [0.1, 0.15) is 16.7 Å². The van der Waals surface area contributed by atoms with E-state index in [1.54, 1.807) is 18.4 Å². The third kappa shape index (κ3) is 2.40. The largest absolute Gasteiger partial charge is 0.312 e. The quantitative estimate of drug-likeness (QED) is 0.832. The van der Waals surface area contributed by atoms with Crippen LogP contribution in [-0.4, -0.2) is 27.3 Å². The summed E-state index contributed by atoms with van der Waals surface area (Å²) in [4.78, 5) is 2.78. The zero-order chi connectivity index (χ0) is 10.7. The van der Waals surface area contributed by atoms with Gasteiger partial charge in [0, 0.05) is 17.3 Å². The third-order valence-electron chi connectivity index (χ3n) is 2.17. The summed E-state index contributed by atoms with van der Waals surface area (Å²) in [6.07, 6.45) is 0.769. The molecule has 0 saturated heterocycles. The van der Waals surface area contributed by atoms with E-state index in [2.05, 4.69) is 38.2 Å². The summed E-state index contributed by atoms with van der Waals surface area (Å²) in [7, 11) is 3.72. The minimum absolute atomic E-state index is 0.272. The first-order valence-corrected chi connectivity index (χ1v) is 5.61. The number of thiophene rings is 1. The van der Waals surface area contributed by atoms with Crippen molar-refractivity contribution in [2.24, 2.45) is 7.05 Å². The molecule has 0 bridgehead atoms. The van der Waals surface area contributed by atoms with Crippen molar-refractivity contribution in [3.05, 3.63) is 28.2 Å². The number of aromatic nitrogens is 4. The maximum absolute atomic E-state index is 4.17. The Kier molecular flexibility index (Phi) is 3.08. The van der Waals surface area contributed by atoms with Crippen LogP contribution < -0.4 is 5.32 Å². The fraction of sp³-hybridized carbons (Fsp3) is 0.444. The van der Waals surface area contributed by atoms with Crippen molar-refractivity contribution < 1.29 is 0 Å². The molecule has 2 aromatic rings. The highest BCUT2D eigenvalue weighted by Crippen LogP contribution is 2.20. The number of hydrogen-bond donors (Lipinski definition) is 1. The summed E-state index contributed by atoms with van der Waals surface area (Å²) < 4.78 is 0. The Morgan fingerprint density at radius 3 is 3.00 bits per heavy atom. The third-order valence-corrected chi connectivity index (χ3v) is 3.16. The Morgan fingerprint density at radius 1 is 1.60 bits per heavy atom. The zero-order valence-electron chi connectivity index (χ0n) is 8.71. The molecule has 0 spiro atoms. The van der Waals surface area contributed by atoms with Gasteiger partial charge < -0.3 is 5.32 Å². The molecule has 0 saturated carbocycles. The second-order valence-electron chi connectivity index (χ2n) is 3.26. The van der Waals surface area contributed by atoms with E-state index in [0.717, 1.165) is 12.2 Å². The molecule has 2 heterocycles. The number of rotatable bonds is 4. The molecule has 0 radical (unpaired) electrons. The maximum Gasteiger partial charge on any atom is 0.176 e. The topological polar surface area (TPSA) is 55.6 Å². The molecular formula is C9H13N5S. The van der Waals surface area contributed by atoms with E-state index in [-0.39, 0.29) is 6.04 Å².